The Bertz CT molecular complexity index is 1410. The van der Waals surface area contributed by atoms with Gasteiger partial charge in [-0.1, -0.05) is 26.0 Å². The Hall–Kier alpha value is -3.17. The van der Waals surface area contributed by atoms with Crippen LogP contribution in [0.2, 0.25) is 0 Å². The van der Waals surface area contributed by atoms with Crippen LogP contribution in [-0.2, 0) is 17.8 Å². The highest BCUT2D eigenvalue weighted by Crippen LogP contribution is 2.43. The van der Waals surface area contributed by atoms with Crippen LogP contribution in [0.15, 0.2) is 48.5 Å². The van der Waals surface area contributed by atoms with Crippen molar-refractivity contribution in [1.29, 1.82) is 0 Å². The number of hydrogen-bond donors (Lipinski definition) is 1. The third-order valence-corrected chi connectivity index (χ3v) is 9.81. The van der Waals surface area contributed by atoms with E-state index in [4.69, 9.17) is 5.10 Å². The normalized spacial score (nSPS) is 22.2. The van der Waals surface area contributed by atoms with Gasteiger partial charge in [0.25, 0.3) is 0 Å². The number of aliphatic carboxylic acids is 1. The molecule has 1 saturated carbocycles. The molecule has 0 radical (unpaired) electrons. The first-order valence-electron chi connectivity index (χ1n) is 16.0. The van der Waals surface area contributed by atoms with Crippen molar-refractivity contribution in [2.45, 2.75) is 83.3 Å². The fraction of sp³-hybridized carbons (Fsp3) is 0.543. The van der Waals surface area contributed by atoms with Gasteiger partial charge in [-0.3, -0.25) is 14.4 Å². The lowest BCUT2D eigenvalue weighted by Crippen LogP contribution is -2.47. The largest absolute Gasteiger partial charge is 0.480 e. The first-order valence-corrected chi connectivity index (χ1v) is 16.0. The quantitative estimate of drug-likeness (QED) is 0.262. The zero-order valence-corrected chi connectivity index (χ0v) is 26.2. The van der Waals surface area contributed by atoms with Crippen molar-refractivity contribution < 1.29 is 23.1 Å². The Morgan fingerprint density at radius 1 is 1.02 bits per heavy atom. The number of rotatable bonds is 11. The van der Waals surface area contributed by atoms with Crippen LogP contribution in [0.4, 0.5) is 13.2 Å². The number of likely N-dealkylation sites (N-methyl/N-ethyl adjacent to an activating group) is 1. The van der Waals surface area contributed by atoms with E-state index in [0.717, 1.165) is 69.2 Å². The second-order valence-corrected chi connectivity index (χ2v) is 13.1. The van der Waals surface area contributed by atoms with Crippen LogP contribution in [0.3, 0.4) is 0 Å². The first kappa shape index (κ1) is 32.2. The fourth-order valence-electron chi connectivity index (χ4n) is 7.75. The topological polar surface area (TPSA) is 61.6 Å². The van der Waals surface area contributed by atoms with Gasteiger partial charge in [0.05, 0.1) is 5.69 Å². The summed E-state index contributed by atoms with van der Waals surface area (Å²) in [5.41, 5.74) is 3.55. The Labute approximate surface area is 258 Å². The highest BCUT2D eigenvalue weighted by Gasteiger charge is 2.42. The van der Waals surface area contributed by atoms with Crippen molar-refractivity contribution in [2.24, 2.45) is 11.8 Å². The van der Waals surface area contributed by atoms with E-state index >= 15 is 0 Å². The van der Waals surface area contributed by atoms with Gasteiger partial charge in [0.15, 0.2) is 0 Å². The molecule has 1 N–H and O–H groups in total. The van der Waals surface area contributed by atoms with Crippen molar-refractivity contribution in [3.8, 4) is 0 Å². The molecule has 1 saturated heterocycles. The van der Waals surface area contributed by atoms with Gasteiger partial charge in [-0.2, -0.15) is 5.10 Å². The van der Waals surface area contributed by atoms with E-state index in [-0.39, 0.29) is 23.7 Å². The van der Waals surface area contributed by atoms with Crippen molar-refractivity contribution in [3.63, 3.8) is 0 Å². The maximum Gasteiger partial charge on any atom is 0.321 e. The third-order valence-electron chi connectivity index (χ3n) is 9.81. The van der Waals surface area contributed by atoms with Crippen LogP contribution in [0.5, 0.6) is 0 Å². The molecule has 2 aromatic carbocycles. The fourth-order valence-corrected chi connectivity index (χ4v) is 7.75. The summed E-state index contributed by atoms with van der Waals surface area (Å²) in [6.07, 6.45) is 4.03. The van der Waals surface area contributed by atoms with Crippen LogP contribution >= 0.6 is 0 Å². The number of hydrogen-bond acceptors (Lipinski definition) is 4. The van der Waals surface area contributed by atoms with Gasteiger partial charge in [-0.15, -0.1) is 0 Å². The summed E-state index contributed by atoms with van der Waals surface area (Å²) in [6, 6.07) is 12.2. The Kier molecular flexibility index (Phi) is 10.2. The Morgan fingerprint density at radius 2 is 1.73 bits per heavy atom. The predicted molar refractivity (Wildman–Crippen MR) is 165 cm³/mol. The van der Waals surface area contributed by atoms with E-state index in [1.807, 2.05) is 36.5 Å². The number of aromatic nitrogens is 2. The molecule has 0 amide bonds. The van der Waals surface area contributed by atoms with E-state index in [0.29, 0.717) is 23.8 Å². The monoisotopic (exact) mass is 610 g/mol. The number of piperidine rings is 1. The highest BCUT2D eigenvalue weighted by atomic mass is 19.1. The second-order valence-electron chi connectivity index (χ2n) is 13.1. The number of aryl methyl sites for hydroxylation is 1. The minimum absolute atomic E-state index is 0.0182. The number of carbonyl (C=O) groups is 1. The molecule has 5 rings (SSSR count). The van der Waals surface area contributed by atoms with Crippen LogP contribution in [-0.4, -0.2) is 69.4 Å². The molecule has 2 heterocycles. The summed E-state index contributed by atoms with van der Waals surface area (Å²) >= 11 is 0. The van der Waals surface area contributed by atoms with Gasteiger partial charge in [-0.25, -0.2) is 13.2 Å². The molecule has 3 unspecified atom stereocenters. The first-order chi connectivity index (χ1) is 21.0. The van der Waals surface area contributed by atoms with Gasteiger partial charge < -0.3 is 10.0 Å². The van der Waals surface area contributed by atoms with E-state index in [1.54, 1.807) is 12.1 Å². The number of likely N-dealkylation sites (tertiary alicyclic amines) is 1. The summed E-state index contributed by atoms with van der Waals surface area (Å²) < 4.78 is 43.8. The second kappa shape index (κ2) is 13.9. The summed E-state index contributed by atoms with van der Waals surface area (Å²) in [5, 5.41) is 14.7. The molecular weight excluding hydrogens is 565 g/mol. The SMILES string of the molecule is CCn1nc(Cc2cc(F)cc(F)c2)cc1C1CCN(CC2CC(N(C)[C@@H](C(=O)O)C(C)C)CC2c2cccc(F)c2)CC1. The molecular formula is C35H45F3N4O2. The van der Waals surface area contributed by atoms with Crippen molar-refractivity contribution in [2.75, 3.05) is 26.7 Å². The van der Waals surface area contributed by atoms with Crippen LogP contribution < -0.4 is 0 Å². The van der Waals surface area contributed by atoms with Crippen LogP contribution in [0.1, 0.15) is 80.8 Å². The maximum absolute atomic E-state index is 14.3. The number of benzene rings is 2. The molecule has 6 nitrogen and oxygen atoms in total. The molecule has 44 heavy (non-hydrogen) atoms. The van der Waals surface area contributed by atoms with E-state index in [9.17, 15) is 23.1 Å². The molecule has 1 aromatic heterocycles. The highest BCUT2D eigenvalue weighted by molar-refractivity contribution is 5.73. The van der Waals surface area contributed by atoms with E-state index in [1.165, 1.54) is 23.9 Å². The molecule has 2 aliphatic rings. The lowest BCUT2D eigenvalue weighted by Gasteiger charge is -2.35. The molecule has 2 fully saturated rings. The van der Waals surface area contributed by atoms with Gasteiger partial charge in [0, 0.05) is 43.2 Å². The van der Waals surface area contributed by atoms with Crippen LogP contribution in [0.25, 0.3) is 0 Å². The van der Waals surface area contributed by atoms with Crippen LogP contribution in [0, 0.1) is 29.3 Å². The third kappa shape index (κ3) is 7.37. The van der Waals surface area contributed by atoms with Gasteiger partial charge in [-0.05, 0) is 112 Å². The lowest BCUT2D eigenvalue weighted by atomic mass is 9.87. The smallest absolute Gasteiger partial charge is 0.321 e. The maximum atomic E-state index is 14.3. The number of nitrogens with zero attached hydrogens (tertiary/aromatic N) is 4. The number of carboxylic acids is 1. The van der Waals surface area contributed by atoms with Gasteiger partial charge in [0.1, 0.15) is 23.5 Å². The van der Waals surface area contributed by atoms with Crippen molar-refractivity contribution in [3.05, 3.63) is 88.5 Å². The average molecular weight is 611 g/mol. The van der Waals surface area contributed by atoms with Crippen molar-refractivity contribution in [1.82, 2.24) is 19.6 Å². The number of halogens is 3. The summed E-state index contributed by atoms with van der Waals surface area (Å²) in [5.74, 6) is -1.41. The minimum Gasteiger partial charge on any atom is -0.480 e. The van der Waals surface area contributed by atoms with E-state index in [2.05, 4.69) is 17.9 Å². The standard InChI is InChI=1S/C35H45F3N4O2/c1-5-42-33(19-30(39-42)15-23-13-28(37)18-29(38)14-23)24-9-11-41(12-10-24)21-26-17-31(40(4)34(22(2)3)35(43)44)20-32(26)25-7-6-8-27(36)16-25/h6-8,13-14,16,18-19,22,24,26,31-32,34H,5,9-12,15,17,20-21H2,1-4H3,(H,43,44)/t26?,31?,32?,34-/m1/s1. The summed E-state index contributed by atoms with van der Waals surface area (Å²) in [6.45, 7) is 9.44. The van der Waals surface area contributed by atoms with Gasteiger partial charge >= 0.3 is 5.97 Å². The van der Waals surface area contributed by atoms with Crippen molar-refractivity contribution >= 4 is 5.97 Å². The zero-order valence-electron chi connectivity index (χ0n) is 26.2. The summed E-state index contributed by atoms with van der Waals surface area (Å²) in [7, 11) is 1.93. The molecule has 1 aliphatic carbocycles. The Morgan fingerprint density at radius 3 is 2.34 bits per heavy atom. The summed E-state index contributed by atoms with van der Waals surface area (Å²) in [4.78, 5) is 16.7. The molecule has 1 aliphatic heterocycles. The lowest BCUT2D eigenvalue weighted by molar-refractivity contribution is -0.145. The molecule has 238 valence electrons. The average Bonchev–Trinajstić information content (AvgIpc) is 3.57. The zero-order chi connectivity index (χ0) is 31.5. The predicted octanol–water partition coefficient (Wildman–Crippen LogP) is 6.69. The van der Waals surface area contributed by atoms with E-state index < -0.39 is 23.6 Å². The van der Waals surface area contributed by atoms with Gasteiger partial charge in [0.2, 0.25) is 0 Å². The molecule has 4 atom stereocenters. The number of carboxylic acid groups (broad SMARTS) is 1. The molecule has 3 aromatic rings. The molecule has 0 bridgehead atoms. The minimum atomic E-state index is -0.798. The molecule has 0 spiro atoms. The Balaban J connectivity index is 1.26. The molecule has 9 heteroatoms.